The Labute approximate surface area is 186 Å². The molecule has 1 saturated carbocycles. The lowest BCUT2D eigenvalue weighted by Gasteiger charge is -2.41. The minimum Gasteiger partial charge on any atom is -0.463 e. The largest absolute Gasteiger partial charge is 0.463 e. The number of fused-ring (bicyclic) bond motifs is 5. The number of benzene rings is 1. The third-order valence-electron chi connectivity index (χ3n) is 7.41. The molecule has 2 aliphatic heterocycles. The lowest BCUT2D eigenvalue weighted by atomic mass is 9.86. The Morgan fingerprint density at radius 1 is 1.03 bits per heavy atom. The number of nitrogens with one attached hydrogen (secondary N) is 1. The minimum absolute atomic E-state index is 0.222. The van der Waals surface area contributed by atoms with Gasteiger partial charge in [-0.05, 0) is 67.2 Å². The number of H-pyrrole nitrogens is 1. The van der Waals surface area contributed by atoms with Gasteiger partial charge in [-0.3, -0.25) is 9.47 Å². The molecule has 4 bridgehead atoms. The van der Waals surface area contributed by atoms with Crippen LogP contribution < -0.4 is 16.2 Å². The number of ether oxygens (including phenoxy) is 1. The molecular weight excluding hydrogens is 404 g/mol. The molecule has 3 N–H and O–H groups in total. The Morgan fingerprint density at radius 3 is 2.69 bits per heavy atom. The van der Waals surface area contributed by atoms with Gasteiger partial charge >= 0.3 is 11.7 Å². The van der Waals surface area contributed by atoms with Crippen molar-refractivity contribution < 1.29 is 4.74 Å². The molecule has 0 saturated heterocycles. The summed E-state index contributed by atoms with van der Waals surface area (Å²) in [5, 5.41) is 0. The van der Waals surface area contributed by atoms with E-state index in [-0.39, 0.29) is 17.5 Å². The fourth-order valence-electron chi connectivity index (χ4n) is 5.40. The van der Waals surface area contributed by atoms with Gasteiger partial charge in [0.1, 0.15) is 5.52 Å². The number of anilines is 1. The van der Waals surface area contributed by atoms with Crippen molar-refractivity contribution in [3.05, 3.63) is 44.9 Å². The van der Waals surface area contributed by atoms with E-state index in [1.54, 1.807) is 4.57 Å². The molecule has 3 aromatic rings. The Hall–Kier alpha value is -2.87. The maximum Gasteiger partial charge on any atom is 0.328 e. The van der Waals surface area contributed by atoms with Crippen molar-refractivity contribution in [1.82, 2.24) is 24.4 Å². The first-order valence-corrected chi connectivity index (χ1v) is 11.9. The summed E-state index contributed by atoms with van der Waals surface area (Å²) < 4.78 is 7.42. The summed E-state index contributed by atoms with van der Waals surface area (Å²) in [6, 6.07) is 5.63. The van der Waals surface area contributed by atoms with Gasteiger partial charge in [0.25, 0.3) is 0 Å². The lowest BCUT2D eigenvalue weighted by Crippen LogP contribution is -2.43. The summed E-state index contributed by atoms with van der Waals surface area (Å²) in [5.41, 5.74) is 12.4. The van der Waals surface area contributed by atoms with Gasteiger partial charge < -0.3 is 15.5 Å². The molecule has 32 heavy (non-hydrogen) atoms. The number of hydrogen-bond acceptors (Lipinski definition) is 6. The molecule has 1 fully saturated rings. The van der Waals surface area contributed by atoms with Crippen molar-refractivity contribution in [3.8, 4) is 6.01 Å². The predicted molar refractivity (Wildman–Crippen MR) is 123 cm³/mol. The second-order valence-corrected chi connectivity index (χ2v) is 9.46. The molecule has 8 heteroatoms. The van der Waals surface area contributed by atoms with Crippen LogP contribution in [0.5, 0.6) is 6.01 Å². The van der Waals surface area contributed by atoms with E-state index >= 15 is 0 Å². The molecule has 2 aromatic heterocycles. The molecule has 1 aromatic carbocycles. The van der Waals surface area contributed by atoms with Gasteiger partial charge in [-0.15, -0.1) is 0 Å². The average molecular weight is 435 g/mol. The molecule has 0 amide bonds. The molecule has 0 radical (unpaired) electrons. The summed E-state index contributed by atoms with van der Waals surface area (Å²) >= 11 is 0. The normalized spacial score (nSPS) is 19.9. The average Bonchev–Trinajstić information content (AvgIpc) is 3.05. The number of rotatable bonds is 1. The van der Waals surface area contributed by atoms with E-state index in [4.69, 9.17) is 10.5 Å². The number of aromatic nitrogens is 4. The highest BCUT2D eigenvalue weighted by atomic mass is 16.5. The number of aryl methyl sites for hydroxylation is 1. The van der Waals surface area contributed by atoms with Gasteiger partial charge in [0, 0.05) is 19.1 Å². The van der Waals surface area contributed by atoms with Crippen LogP contribution in [0.2, 0.25) is 0 Å². The first kappa shape index (κ1) is 19.8. The van der Waals surface area contributed by atoms with E-state index in [1.807, 2.05) is 0 Å². The van der Waals surface area contributed by atoms with Crippen LogP contribution in [0, 0.1) is 0 Å². The summed E-state index contributed by atoms with van der Waals surface area (Å²) in [7, 11) is 0. The molecule has 0 atom stereocenters. The molecule has 4 heterocycles. The highest BCUT2D eigenvalue weighted by Crippen LogP contribution is 2.33. The summed E-state index contributed by atoms with van der Waals surface area (Å²) in [6.07, 6.45) is 9.38. The second kappa shape index (κ2) is 7.92. The molecule has 168 valence electrons. The number of nitrogens with two attached hydrogens (primary N) is 1. The molecule has 0 spiro atoms. The van der Waals surface area contributed by atoms with Crippen molar-refractivity contribution in [3.63, 3.8) is 0 Å². The van der Waals surface area contributed by atoms with Gasteiger partial charge in [-0.1, -0.05) is 18.6 Å². The van der Waals surface area contributed by atoms with Crippen LogP contribution in [0.3, 0.4) is 0 Å². The summed E-state index contributed by atoms with van der Waals surface area (Å²) in [4.78, 5) is 27.0. The van der Waals surface area contributed by atoms with Gasteiger partial charge in [0.15, 0.2) is 11.5 Å². The Kier molecular flexibility index (Phi) is 4.90. The van der Waals surface area contributed by atoms with Crippen LogP contribution in [-0.2, 0) is 25.9 Å². The van der Waals surface area contributed by atoms with Crippen molar-refractivity contribution in [2.75, 3.05) is 18.9 Å². The minimum atomic E-state index is -0.222. The smallest absolute Gasteiger partial charge is 0.328 e. The number of imidazole rings is 1. The second-order valence-electron chi connectivity index (χ2n) is 9.46. The first-order valence-electron chi connectivity index (χ1n) is 11.9. The van der Waals surface area contributed by atoms with Gasteiger partial charge in [0.2, 0.25) is 0 Å². The first-order chi connectivity index (χ1) is 15.7. The van der Waals surface area contributed by atoms with Crippen LogP contribution in [0.1, 0.15) is 60.8 Å². The molecule has 1 aliphatic carbocycles. The molecule has 0 unspecified atom stereocenters. The van der Waals surface area contributed by atoms with Crippen LogP contribution in [0.4, 0.5) is 5.82 Å². The van der Waals surface area contributed by atoms with E-state index < -0.39 is 0 Å². The summed E-state index contributed by atoms with van der Waals surface area (Å²) in [6.45, 7) is 3.21. The standard InChI is InChI=1S/C24H30N6O2/c25-21-20-22-28-23(27-21)32-10-3-1-2-5-16-11-15(13-30(22)24(31)26-20)12-17-8-9-29(14-19(16)17)18-6-4-7-18/h11-12,18H,1-10,13-14H2,(H,26,31)(H2,25,27,28). The lowest BCUT2D eigenvalue weighted by molar-refractivity contribution is 0.113. The van der Waals surface area contributed by atoms with Crippen molar-refractivity contribution >= 4 is 17.0 Å². The topological polar surface area (TPSA) is 102 Å². The van der Waals surface area contributed by atoms with E-state index in [9.17, 15) is 4.79 Å². The monoisotopic (exact) mass is 434 g/mol. The Balaban J connectivity index is 1.42. The SMILES string of the molecule is Nc1nc2nc3c1[nH]c(=O)n3Cc1cc(c3c(c1)CCN(C1CCC1)C3)CCCCCO2. The van der Waals surface area contributed by atoms with Gasteiger partial charge in [0.05, 0.1) is 13.2 Å². The number of aromatic amines is 1. The molecule has 8 nitrogen and oxygen atoms in total. The molecule has 6 rings (SSSR count). The van der Waals surface area contributed by atoms with Crippen LogP contribution in [-0.4, -0.2) is 43.6 Å². The number of nitrogens with zero attached hydrogens (tertiary/aromatic N) is 4. The quantitative estimate of drug-likeness (QED) is 0.611. The van der Waals surface area contributed by atoms with Crippen LogP contribution in [0.15, 0.2) is 16.9 Å². The zero-order valence-electron chi connectivity index (χ0n) is 18.4. The maximum absolute atomic E-state index is 12.8. The van der Waals surface area contributed by atoms with E-state index in [1.165, 1.54) is 36.0 Å². The van der Waals surface area contributed by atoms with E-state index in [2.05, 4.69) is 32.0 Å². The number of hydrogen-bond donors (Lipinski definition) is 2. The van der Waals surface area contributed by atoms with Crippen molar-refractivity contribution in [2.24, 2.45) is 0 Å². The summed E-state index contributed by atoms with van der Waals surface area (Å²) in [5.74, 6) is 0.246. The van der Waals surface area contributed by atoms with Crippen molar-refractivity contribution in [2.45, 2.75) is 70.5 Å². The van der Waals surface area contributed by atoms with Gasteiger partial charge in [-0.2, -0.15) is 9.97 Å². The highest BCUT2D eigenvalue weighted by molar-refractivity contribution is 5.82. The van der Waals surface area contributed by atoms with Crippen LogP contribution in [0.25, 0.3) is 11.2 Å². The fraction of sp³-hybridized carbons (Fsp3) is 0.542. The van der Waals surface area contributed by atoms with Gasteiger partial charge in [-0.25, -0.2) is 4.79 Å². The van der Waals surface area contributed by atoms with Crippen molar-refractivity contribution in [1.29, 1.82) is 0 Å². The Bertz CT molecular complexity index is 1230. The third kappa shape index (κ3) is 3.46. The van der Waals surface area contributed by atoms with E-state index in [0.717, 1.165) is 56.8 Å². The Morgan fingerprint density at radius 2 is 1.88 bits per heavy atom. The zero-order valence-corrected chi connectivity index (χ0v) is 18.4. The van der Waals surface area contributed by atoms with E-state index in [0.29, 0.717) is 24.3 Å². The van der Waals surface area contributed by atoms with Crippen LogP contribution >= 0.6 is 0 Å². The predicted octanol–water partition coefficient (Wildman–Crippen LogP) is 2.77. The zero-order chi connectivity index (χ0) is 21.7. The maximum atomic E-state index is 12.8. The fourth-order valence-corrected chi connectivity index (χ4v) is 5.40. The molecular formula is C24H30N6O2. The number of nitrogen functional groups attached to an aromatic ring is 1. The highest BCUT2D eigenvalue weighted by Gasteiger charge is 2.29. The third-order valence-corrected chi connectivity index (χ3v) is 7.41. The molecule has 3 aliphatic rings.